The van der Waals surface area contributed by atoms with E-state index in [0.29, 0.717) is 17.0 Å². The van der Waals surface area contributed by atoms with Gasteiger partial charge in [0.2, 0.25) is 0 Å². The van der Waals surface area contributed by atoms with Crippen molar-refractivity contribution in [2.45, 2.75) is 26.1 Å². The molecule has 0 saturated heterocycles. The molecule has 0 bridgehead atoms. The number of hydrogen-bond acceptors (Lipinski definition) is 1. The number of carbonyl (C=O) groups is 1. The Morgan fingerprint density at radius 1 is 1.24 bits per heavy atom. The number of aromatic nitrogens is 1. The zero-order chi connectivity index (χ0) is 15.9. The molecule has 6 heteroatoms. The van der Waals surface area contributed by atoms with Crippen molar-refractivity contribution in [3.05, 3.63) is 51.8 Å². The molecule has 0 N–H and O–H groups in total. The van der Waals surface area contributed by atoms with E-state index in [1.807, 2.05) is 0 Å². The highest BCUT2D eigenvalue weighted by Gasteiger charge is 2.22. The predicted molar refractivity (Wildman–Crippen MR) is 79.8 cm³/mol. The smallest absolute Gasteiger partial charge is 0.182 e. The molecule has 0 spiro atoms. The maximum atomic E-state index is 14.1. The number of aryl methyl sites for hydroxylation is 1. The highest BCUT2D eigenvalue weighted by molar-refractivity contribution is 6.34. The van der Waals surface area contributed by atoms with Crippen molar-refractivity contribution < 1.29 is 13.6 Å². The van der Waals surface area contributed by atoms with Gasteiger partial charge in [-0.2, -0.15) is 0 Å². The van der Waals surface area contributed by atoms with Crippen LogP contribution < -0.4 is 0 Å². The zero-order valence-corrected chi connectivity index (χ0v) is 13.2. The van der Waals surface area contributed by atoms with E-state index in [9.17, 15) is 13.6 Å². The minimum absolute atomic E-state index is 0.0225. The molecule has 1 aromatic heterocycles. The van der Waals surface area contributed by atoms with Crippen LogP contribution in [0.15, 0.2) is 18.2 Å². The van der Waals surface area contributed by atoms with Gasteiger partial charge in [0.25, 0.3) is 0 Å². The lowest BCUT2D eigenvalue weighted by molar-refractivity contribution is 0.0991. The van der Waals surface area contributed by atoms with E-state index in [2.05, 4.69) is 0 Å². The van der Waals surface area contributed by atoms with Gasteiger partial charge in [-0.15, -0.1) is 11.6 Å². The molecule has 1 heterocycles. The first-order chi connectivity index (χ1) is 9.73. The van der Waals surface area contributed by atoms with Crippen LogP contribution in [-0.2, 0) is 0 Å². The lowest BCUT2D eigenvalue weighted by atomic mass is 10.1. The molecule has 2 nitrogen and oxygen atoms in total. The molecule has 1 unspecified atom stereocenters. The van der Waals surface area contributed by atoms with Gasteiger partial charge in [-0.05, 0) is 32.9 Å². The summed E-state index contributed by atoms with van der Waals surface area (Å²) in [4.78, 5) is 12.1. The Bertz CT molecular complexity index is 700. The maximum absolute atomic E-state index is 14.1. The molecule has 0 aliphatic rings. The van der Waals surface area contributed by atoms with E-state index >= 15 is 0 Å². The Morgan fingerprint density at radius 2 is 1.86 bits per heavy atom. The standard InChI is InChI=1S/C15H13Cl2F2NO/c1-7-4-11(15(21)8(2)16)9(3)20(7)14-12(17)5-10(18)6-13(14)19/h4-6,8H,1-3H3. The van der Waals surface area contributed by atoms with Crippen LogP contribution in [0.4, 0.5) is 8.78 Å². The van der Waals surface area contributed by atoms with Crippen LogP contribution in [0.2, 0.25) is 5.02 Å². The third kappa shape index (κ3) is 2.83. The summed E-state index contributed by atoms with van der Waals surface area (Å²) >= 11 is 11.8. The zero-order valence-electron chi connectivity index (χ0n) is 11.7. The Hall–Kier alpha value is -1.39. The molecule has 1 aromatic carbocycles. The number of hydrogen-bond donors (Lipinski definition) is 0. The van der Waals surface area contributed by atoms with E-state index in [1.165, 1.54) is 4.57 Å². The van der Waals surface area contributed by atoms with E-state index in [4.69, 9.17) is 23.2 Å². The lowest BCUT2D eigenvalue weighted by Crippen LogP contribution is -2.12. The van der Waals surface area contributed by atoms with Gasteiger partial charge >= 0.3 is 0 Å². The fraction of sp³-hybridized carbons (Fsp3) is 0.267. The quantitative estimate of drug-likeness (QED) is 0.582. The van der Waals surface area contributed by atoms with Gasteiger partial charge in [-0.3, -0.25) is 4.79 Å². The molecule has 0 amide bonds. The molecule has 0 aliphatic carbocycles. The summed E-state index contributed by atoms with van der Waals surface area (Å²) in [6.45, 7) is 4.95. The van der Waals surface area contributed by atoms with Gasteiger partial charge in [0, 0.05) is 23.0 Å². The number of carbonyl (C=O) groups excluding carboxylic acids is 1. The molecule has 2 aromatic rings. The average molecular weight is 332 g/mol. The van der Waals surface area contributed by atoms with Crippen LogP contribution in [0.1, 0.15) is 28.7 Å². The monoisotopic (exact) mass is 331 g/mol. The van der Waals surface area contributed by atoms with E-state index in [0.717, 1.165) is 12.1 Å². The van der Waals surface area contributed by atoms with Crippen LogP contribution in [0.3, 0.4) is 0 Å². The second-order valence-electron chi connectivity index (χ2n) is 4.82. The number of halogens is 4. The largest absolute Gasteiger partial charge is 0.314 e. The first-order valence-electron chi connectivity index (χ1n) is 6.26. The Kier molecular flexibility index (Phi) is 4.40. The average Bonchev–Trinajstić information content (AvgIpc) is 2.64. The minimum Gasteiger partial charge on any atom is -0.314 e. The normalized spacial score (nSPS) is 12.5. The van der Waals surface area contributed by atoms with Crippen molar-refractivity contribution in [1.29, 1.82) is 0 Å². The maximum Gasteiger partial charge on any atom is 0.182 e. The number of ketones is 1. The fourth-order valence-corrected chi connectivity index (χ4v) is 2.72. The molecular formula is C15H13Cl2F2NO. The summed E-state index contributed by atoms with van der Waals surface area (Å²) in [5, 5.41) is -0.750. The van der Waals surface area contributed by atoms with Crippen molar-refractivity contribution in [3.8, 4) is 5.69 Å². The second kappa shape index (κ2) is 5.78. The van der Waals surface area contributed by atoms with Crippen LogP contribution in [-0.4, -0.2) is 15.7 Å². The molecule has 0 radical (unpaired) electrons. The van der Waals surface area contributed by atoms with Crippen molar-refractivity contribution in [3.63, 3.8) is 0 Å². The molecule has 0 fully saturated rings. The van der Waals surface area contributed by atoms with Gasteiger partial charge in [0.05, 0.1) is 10.4 Å². The Morgan fingerprint density at radius 3 is 2.38 bits per heavy atom. The van der Waals surface area contributed by atoms with Gasteiger partial charge in [-0.1, -0.05) is 11.6 Å². The molecule has 21 heavy (non-hydrogen) atoms. The van der Waals surface area contributed by atoms with E-state index in [1.54, 1.807) is 26.8 Å². The summed E-state index contributed by atoms with van der Waals surface area (Å²) in [5.74, 6) is -1.80. The Labute approximate surface area is 131 Å². The topological polar surface area (TPSA) is 22.0 Å². The predicted octanol–water partition coefficient (Wildman–Crippen LogP) is 4.84. The number of benzene rings is 1. The van der Waals surface area contributed by atoms with Gasteiger partial charge < -0.3 is 4.57 Å². The summed E-state index contributed by atoms with van der Waals surface area (Å²) < 4.78 is 28.7. The number of nitrogens with zero attached hydrogens (tertiary/aromatic N) is 1. The molecule has 2 rings (SSSR count). The van der Waals surface area contributed by atoms with Crippen molar-refractivity contribution in [2.75, 3.05) is 0 Å². The molecule has 0 aliphatic heterocycles. The SMILES string of the molecule is Cc1cc(C(=O)C(C)Cl)c(C)n1-c1c(F)cc(F)cc1Cl. The Balaban J connectivity index is 2.70. The number of Topliss-reactive ketones (excluding diaryl/α,β-unsaturated/α-hetero) is 1. The number of rotatable bonds is 3. The second-order valence-corrected chi connectivity index (χ2v) is 5.88. The fourth-order valence-electron chi connectivity index (χ4n) is 2.32. The highest BCUT2D eigenvalue weighted by Crippen LogP contribution is 2.30. The summed E-state index contributed by atoms with van der Waals surface area (Å²) in [7, 11) is 0. The molecule has 1 atom stereocenters. The molecule has 112 valence electrons. The van der Waals surface area contributed by atoms with Gasteiger partial charge in [-0.25, -0.2) is 8.78 Å². The number of alkyl halides is 1. The van der Waals surface area contributed by atoms with Crippen LogP contribution in [0.5, 0.6) is 0 Å². The third-order valence-electron chi connectivity index (χ3n) is 3.26. The van der Waals surface area contributed by atoms with Crippen LogP contribution in [0.25, 0.3) is 5.69 Å². The van der Waals surface area contributed by atoms with Gasteiger partial charge in [0.1, 0.15) is 11.5 Å². The van der Waals surface area contributed by atoms with Crippen molar-refractivity contribution in [1.82, 2.24) is 4.57 Å². The van der Waals surface area contributed by atoms with Gasteiger partial charge in [0.15, 0.2) is 11.6 Å². The first-order valence-corrected chi connectivity index (χ1v) is 7.07. The molecule has 0 saturated carbocycles. The summed E-state index contributed by atoms with van der Waals surface area (Å²) in [5.41, 5.74) is 1.54. The minimum atomic E-state index is -0.792. The van der Waals surface area contributed by atoms with Crippen LogP contribution >= 0.6 is 23.2 Å². The van der Waals surface area contributed by atoms with Crippen molar-refractivity contribution >= 4 is 29.0 Å². The van der Waals surface area contributed by atoms with Crippen molar-refractivity contribution in [2.24, 2.45) is 0 Å². The first kappa shape index (κ1) is 16.0. The van der Waals surface area contributed by atoms with E-state index < -0.39 is 17.0 Å². The molecular weight excluding hydrogens is 319 g/mol. The third-order valence-corrected chi connectivity index (χ3v) is 3.75. The summed E-state index contributed by atoms with van der Waals surface area (Å²) in [6, 6.07) is 3.41. The highest BCUT2D eigenvalue weighted by atomic mass is 35.5. The van der Waals surface area contributed by atoms with E-state index in [-0.39, 0.29) is 16.5 Å². The summed E-state index contributed by atoms with van der Waals surface area (Å²) in [6.07, 6.45) is 0. The van der Waals surface area contributed by atoms with Crippen LogP contribution in [0, 0.1) is 25.5 Å². The lowest BCUT2D eigenvalue weighted by Gasteiger charge is -2.13.